The van der Waals surface area contributed by atoms with Gasteiger partial charge in [0.25, 0.3) is 5.69 Å². The number of anilines is 2. The Morgan fingerprint density at radius 3 is 2.43 bits per heavy atom. The average Bonchev–Trinajstić information content (AvgIpc) is 2.71. The molecule has 2 aromatic rings. The third-order valence-corrected chi connectivity index (χ3v) is 3.77. The maximum absolute atomic E-state index is 10.7. The van der Waals surface area contributed by atoms with Crippen molar-refractivity contribution < 1.29 is 14.4 Å². The molecule has 0 saturated carbocycles. The van der Waals surface area contributed by atoms with E-state index in [1.807, 2.05) is 25.1 Å². The quantitative estimate of drug-likeness (QED) is 0.199. The topological polar surface area (TPSA) is 110 Å². The zero-order valence-corrected chi connectivity index (χ0v) is 16.2. The van der Waals surface area contributed by atoms with Gasteiger partial charge in [-0.25, -0.2) is 0 Å². The van der Waals surface area contributed by atoms with Crippen molar-refractivity contribution in [3.05, 3.63) is 52.6 Å². The first-order valence-corrected chi connectivity index (χ1v) is 8.84. The Labute approximate surface area is 163 Å². The molecule has 150 valence electrons. The van der Waals surface area contributed by atoms with Crippen LogP contribution in [-0.2, 0) is 0 Å². The summed E-state index contributed by atoms with van der Waals surface area (Å²) in [6, 6.07) is 11.9. The second kappa shape index (κ2) is 10.6. The first-order chi connectivity index (χ1) is 13.6. The number of aliphatic imine (C=N–C) groups is 1. The lowest BCUT2D eigenvalue weighted by atomic mass is 10.2. The van der Waals surface area contributed by atoms with E-state index in [1.165, 1.54) is 12.1 Å². The molecule has 28 heavy (non-hydrogen) atoms. The first kappa shape index (κ1) is 20.8. The van der Waals surface area contributed by atoms with Gasteiger partial charge in [-0.1, -0.05) is 0 Å². The molecule has 0 aliphatic carbocycles. The number of nitro groups is 1. The fourth-order valence-electron chi connectivity index (χ4n) is 2.42. The highest BCUT2D eigenvalue weighted by molar-refractivity contribution is 5.93. The average molecular weight is 387 g/mol. The minimum absolute atomic E-state index is 0.0686. The highest BCUT2D eigenvalue weighted by Crippen LogP contribution is 2.30. The molecule has 2 rings (SSSR count). The zero-order chi connectivity index (χ0) is 20.4. The smallest absolute Gasteiger partial charge is 0.269 e. The summed E-state index contributed by atoms with van der Waals surface area (Å²) in [6.45, 7) is 3.70. The fourth-order valence-corrected chi connectivity index (χ4v) is 2.42. The Morgan fingerprint density at radius 1 is 1.11 bits per heavy atom. The number of non-ortho nitro benzene ring substituents is 1. The molecule has 3 N–H and O–H groups in total. The van der Waals surface area contributed by atoms with Crippen molar-refractivity contribution in [2.24, 2.45) is 4.99 Å². The monoisotopic (exact) mass is 387 g/mol. The molecule has 0 aliphatic rings. The van der Waals surface area contributed by atoms with E-state index < -0.39 is 4.92 Å². The number of hydrogen-bond acceptors (Lipinski definition) is 6. The van der Waals surface area contributed by atoms with E-state index >= 15 is 0 Å². The number of methoxy groups -OCH3 is 1. The van der Waals surface area contributed by atoms with Gasteiger partial charge >= 0.3 is 0 Å². The molecule has 0 saturated heterocycles. The number of nitrogens with zero attached hydrogens (tertiary/aromatic N) is 2. The van der Waals surface area contributed by atoms with Crippen molar-refractivity contribution in [2.75, 3.05) is 44.5 Å². The number of guanidine groups is 1. The Hall–Kier alpha value is -3.49. The van der Waals surface area contributed by atoms with Crippen LogP contribution in [0.2, 0.25) is 0 Å². The Morgan fingerprint density at radius 2 is 1.82 bits per heavy atom. The standard InChI is InChI=1S/C19H25N5O4/c1-4-28-17-10-7-15(13-18(17)27-3)23-19(20-2)22-12-11-21-14-5-8-16(9-6-14)24(25)26/h5-10,13,21H,4,11-12H2,1-3H3,(H2,20,22,23). The highest BCUT2D eigenvalue weighted by Gasteiger charge is 2.07. The molecule has 0 bridgehead atoms. The predicted molar refractivity (Wildman–Crippen MR) is 111 cm³/mol. The maximum Gasteiger partial charge on any atom is 0.269 e. The largest absolute Gasteiger partial charge is 0.493 e. The summed E-state index contributed by atoms with van der Waals surface area (Å²) in [4.78, 5) is 14.4. The zero-order valence-electron chi connectivity index (χ0n) is 16.2. The van der Waals surface area contributed by atoms with Gasteiger partial charge in [0.2, 0.25) is 0 Å². The van der Waals surface area contributed by atoms with Crippen molar-refractivity contribution in [1.82, 2.24) is 5.32 Å². The van der Waals surface area contributed by atoms with E-state index in [9.17, 15) is 10.1 Å². The SMILES string of the molecule is CCOc1ccc(NC(=NC)NCCNc2ccc([N+](=O)[O-])cc2)cc1OC. The van der Waals surface area contributed by atoms with E-state index in [0.717, 1.165) is 11.4 Å². The van der Waals surface area contributed by atoms with Crippen LogP contribution in [0.4, 0.5) is 17.1 Å². The van der Waals surface area contributed by atoms with Crippen LogP contribution in [0.15, 0.2) is 47.5 Å². The van der Waals surface area contributed by atoms with Crippen molar-refractivity contribution in [3.8, 4) is 11.5 Å². The van der Waals surface area contributed by atoms with Gasteiger partial charge in [-0.3, -0.25) is 15.1 Å². The van der Waals surface area contributed by atoms with E-state index in [-0.39, 0.29) is 5.69 Å². The molecular weight excluding hydrogens is 362 g/mol. The molecule has 0 aromatic heterocycles. The Bertz CT molecular complexity index is 808. The highest BCUT2D eigenvalue weighted by atomic mass is 16.6. The maximum atomic E-state index is 10.7. The van der Waals surface area contributed by atoms with Gasteiger partial charge < -0.3 is 25.4 Å². The van der Waals surface area contributed by atoms with Crippen LogP contribution in [0.1, 0.15) is 6.92 Å². The molecule has 2 aromatic carbocycles. The number of rotatable bonds is 9. The van der Waals surface area contributed by atoms with Crippen molar-refractivity contribution in [2.45, 2.75) is 6.92 Å². The first-order valence-electron chi connectivity index (χ1n) is 8.84. The third kappa shape index (κ3) is 6.04. The van der Waals surface area contributed by atoms with Gasteiger partial charge in [-0.05, 0) is 31.2 Å². The molecule has 9 nitrogen and oxygen atoms in total. The van der Waals surface area contributed by atoms with Gasteiger partial charge in [0.1, 0.15) is 0 Å². The van der Waals surface area contributed by atoms with Gasteiger partial charge in [0.15, 0.2) is 17.5 Å². The molecule has 0 amide bonds. The van der Waals surface area contributed by atoms with Crippen LogP contribution in [0.3, 0.4) is 0 Å². The summed E-state index contributed by atoms with van der Waals surface area (Å²) in [5, 5.41) is 20.2. The molecule has 0 fully saturated rings. The van der Waals surface area contributed by atoms with Crippen LogP contribution >= 0.6 is 0 Å². The number of benzene rings is 2. The lowest BCUT2D eigenvalue weighted by Crippen LogP contribution is -2.34. The van der Waals surface area contributed by atoms with Crippen molar-refractivity contribution in [3.63, 3.8) is 0 Å². The fraction of sp³-hybridized carbons (Fsp3) is 0.316. The summed E-state index contributed by atoms with van der Waals surface area (Å²) < 4.78 is 10.9. The summed E-state index contributed by atoms with van der Waals surface area (Å²) >= 11 is 0. The van der Waals surface area contributed by atoms with Gasteiger partial charge in [0.05, 0.1) is 18.6 Å². The second-order valence-electron chi connectivity index (χ2n) is 5.65. The minimum Gasteiger partial charge on any atom is -0.493 e. The lowest BCUT2D eigenvalue weighted by Gasteiger charge is -2.15. The molecular formula is C19H25N5O4. The van der Waals surface area contributed by atoms with Gasteiger partial charge in [0, 0.05) is 49.7 Å². The molecule has 0 heterocycles. The van der Waals surface area contributed by atoms with E-state index in [0.29, 0.717) is 37.2 Å². The molecule has 9 heteroatoms. The molecule has 0 unspecified atom stereocenters. The Balaban J connectivity index is 1.83. The summed E-state index contributed by atoms with van der Waals surface area (Å²) in [7, 11) is 3.28. The number of ether oxygens (including phenoxy) is 2. The van der Waals surface area contributed by atoms with Gasteiger partial charge in [-0.2, -0.15) is 0 Å². The summed E-state index contributed by atoms with van der Waals surface area (Å²) in [5.74, 6) is 1.93. The number of nitro benzene ring substituents is 1. The van der Waals surface area contributed by atoms with Crippen LogP contribution in [-0.4, -0.2) is 44.7 Å². The lowest BCUT2D eigenvalue weighted by molar-refractivity contribution is -0.384. The van der Waals surface area contributed by atoms with Gasteiger partial charge in [-0.15, -0.1) is 0 Å². The van der Waals surface area contributed by atoms with Crippen LogP contribution in [0.25, 0.3) is 0 Å². The van der Waals surface area contributed by atoms with Crippen LogP contribution in [0.5, 0.6) is 11.5 Å². The second-order valence-corrected chi connectivity index (χ2v) is 5.65. The summed E-state index contributed by atoms with van der Waals surface area (Å²) in [6.07, 6.45) is 0. The van der Waals surface area contributed by atoms with Crippen molar-refractivity contribution in [1.29, 1.82) is 0 Å². The van der Waals surface area contributed by atoms with E-state index in [4.69, 9.17) is 9.47 Å². The predicted octanol–water partition coefficient (Wildman–Crippen LogP) is 3.10. The Kier molecular flexibility index (Phi) is 7.89. The number of hydrogen-bond donors (Lipinski definition) is 3. The molecule has 0 radical (unpaired) electrons. The molecule has 0 atom stereocenters. The van der Waals surface area contributed by atoms with E-state index in [2.05, 4.69) is 20.9 Å². The van der Waals surface area contributed by atoms with Crippen molar-refractivity contribution >= 4 is 23.0 Å². The third-order valence-electron chi connectivity index (χ3n) is 3.77. The summed E-state index contributed by atoms with van der Waals surface area (Å²) in [5.41, 5.74) is 1.70. The molecule has 0 spiro atoms. The molecule has 0 aliphatic heterocycles. The van der Waals surface area contributed by atoms with Crippen LogP contribution < -0.4 is 25.4 Å². The minimum atomic E-state index is -0.420. The van der Waals surface area contributed by atoms with E-state index in [1.54, 1.807) is 26.3 Å². The number of nitrogens with one attached hydrogen (secondary N) is 3. The van der Waals surface area contributed by atoms with Crippen LogP contribution in [0, 0.1) is 10.1 Å². The normalized spacial score (nSPS) is 10.9.